The fourth-order valence-corrected chi connectivity index (χ4v) is 6.10. The van der Waals surface area contributed by atoms with E-state index in [1.54, 1.807) is 17.0 Å². The average Bonchev–Trinajstić information content (AvgIpc) is 3.04. The number of ether oxygens (including phenoxy) is 2. The van der Waals surface area contributed by atoms with E-state index >= 15 is 0 Å². The average molecular weight is 600 g/mol. The zero-order valence-corrected chi connectivity index (χ0v) is 26.1. The molecule has 8 heteroatoms. The molecule has 1 heterocycles. The van der Waals surface area contributed by atoms with Crippen molar-refractivity contribution in [2.75, 3.05) is 32.1 Å². The van der Waals surface area contributed by atoms with Crippen LogP contribution in [0.4, 0.5) is 5.69 Å². The summed E-state index contributed by atoms with van der Waals surface area (Å²) < 4.78 is 12.5. The summed E-state index contributed by atoms with van der Waals surface area (Å²) in [4.78, 5) is 30.7. The number of amides is 2. The Hall–Kier alpha value is -3.88. The van der Waals surface area contributed by atoms with Gasteiger partial charge in [0.1, 0.15) is 23.4 Å². The van der Waals surface area contributed by atoms with Gasteiger partial charge in [-0.25, -0.2) is 0 Å². The van der Waals surface area contributed by atoms with Gasteiger partial charge < -0.3 is 24.8 Å². The van der Waals surface area contributed by atoms with Gasteiger partial charge in [0.2, 0.25) is 5.91 Å². The Morgan fingerprint density at radius 2 is 1.75 bits per heavy atom. The van der Waals surface area contributed by atoms with Gasteiger partial charge in [-0.2, -0.15) is 0 Å². The molecule has 0 saturated heterocycles. The molecule has 1 saturated carbocycles. The van der Waals surface area contributed by atoms with Crippen LogP contribution in [-0.2, 0) is 11.3 Å². The molecule has 44 heavy (non-hydrogen) atoms. The molecular weight excluding hydrogens is 554 g/mol. The molecular formula is C36H45N3O5. The first-order valence-corrected chi connectivity index (χ1v) is 15.8. The molecule has 0 bridgehead atoms. The second-order valence-corrected chi connectivity index (χ2v) is 12.4. The lowest BCUT2D eigenvalue weighted by Gasteiger charge is -2.38. The third-order valence-electron chi connectivity index (χ3n) is 8.75. The number of aliphatic hydroxyl groups excluding tert-OH is 1. The summed E-state index contributed by atoms with van der Waals surface area (Å²) in [6, 6.07) is 22.8. The lowest BCUT2D eigenvalue weighted by atomic mass is 9.88. The predicted molar refractivity (Wildman–Crippen MR) is 172 cm³/mol. The first-order chi connectivity index (χ1) is 21.3. The Morgan fingerprint density at radius 1 is 1.05 bits per heavy atom. The summed E-state index contributed by atoms with van der Waals surface area (Å²) in [6.07, 6.45) is 4.93. The Labute approximate surface area is 261 Å². The van der Waals surface area contributed by atoms with Crippen molar-refractivity contribution in [1.82, 2.24) is 9.80 Å². The summed E-state index contributed by atoms with van der Waals surface area (Å²) >= 11 is 0. The number of rotatable bonds is 10. The van der Waals surface area contributed by atoms with E-state index in [0.29, 0.717) is 36.6 Å². The SMILES string of the molecule is C[C@@H]1CN([C@@H](C)CO)C(=O)c2cc(NC(=O)C3CCCCC3)ccc2O[C@H]1CN(C)Cc1ccc(Oc2ccccc2)cc1. The van der Waals surface area contributed by atoms with Crippen molar-refractivity contribution in [3.05, 3.63) is 83.9 Å². The number of carbonyl (C=O) groups is 2. The predicted octanol–water partition coefficient (Wildman–Crippen LogP) is 6.35. The Kier molecular flexibility index (Phi) is 10.6. The van der Waals surface area contributed by atoms with Crippen LogP contribution in [0.5, 0.6) is 17.2 Å². The van der Waals surface area contributed by atoms with Crippen LogP contribution in [0.3, 0.4) is 0 Å². The number of fused-ring (bicyclic) bond motifs is 1. The van der Waals surface area contributed by atoms with E-state index < -0.39 is 0 Å². The Balaban J connectivity index is 1.29. The van der Waals surface area contributed by atoms with E-state index in [1.807, 2.05) is 55.5 Å². The number of likely N-dealkylation sites (N-methyl/N-ethyl adjacent to an activating group) is 1. The van der Waals surface area contributed by atoms with Gasteiger partial charge >= 0.3 is 0 Å². The normalized spacial score (nSPS) is 19.8. The molecule has 0 unspecified atom stereocenters. The highest BCUT2D eigenvalue weighted by Gasteiger charge is 2.34. The van der Waals surface area contributed by atoms with Crippen LogP contribution < -0.4 is 14.8 Å². The summed E-state index contributed by atoms with van der Waals surface area (Å²) in [5.74, 6) is 1.91. The molecule has 1 aliphatic carbocycles. The van der Waals surface area contributed by atoms with Crippen LogP contribution >= 0.6 is 0 Å². The van der Waals surface area contributed by atoms with Crippen molar-refractivity contribution >= 4 is 17.5 Å². The van der Waals surface area contributed by atoms with Crippen molar-refractivity contribution in [3.8, 4) is 17.2 Å². The topological polar surface area (TPSA) is 91.3 Å². The van der Waals surface area contributed by atoms with E-state index in [1.165, 1.54) is 6.42 Å². The van der Waals surface area contributed by atoms with Gasteiger partial charge in [0.05, 0.1) is 18.2 Å². The fraction of sp³-hybridized carbons (Fsp3) is 0.444. The van der Waals surface area contributed by atoms with Crippen molar-refractivity contribution in [2.45, 2.75) is 64.6 Å². The number of hydrogen-bond acceptors (Lipinski definition) is 6. The molecule has 2 N–H and O–H groups in total. The highest BCUT2D eigenvalue weighted by atomic mass is 16.5. The molecule has 8 nitrogen and oxygen atoms in total. The van der Waals surface area contributed by atoms with Crippen LogP contribution in [0.15, 0.2) is 72.8 Å². The van der Waals surface area contributed by atoms with E-state index in [4.69, 9.17) is 9.47 Å². The molecule has 0 radical (unpaired) electrons. The molecule has 2 amide bonds. The van der Waals surface area contributed by atoms with Crippen LogP contribution in [0.1, 0.15) is 61.9 Å². The molecule has 5 rings (SSSR count). The van der Waals surface area contributed by atoms with Gasteiger partial charge in [-0.15, -0.1) is 0 Å². The van der Waals surface area contributed by atoms with Gasteiger partial charge in [0.25, 0.3) is 5.91 Å². The minimum absolute atomic E-state index is 0.0101. The molecule has 0 aromatic heterocycles. The zero-order chi connectivity index (χ0) is 31.1. The maximum Gasteiger partial charge on any atom is 0.258 e. The molecule has 3 aromatic rings. The van der Waals surface area contributed by atoms with Gasteiger partial charge in [-0.05, 0) is 74.8 Å². The Bertz CT molecular complexity index is 1390. The van der Waals surface area contributed by atoms with Crippen molar-refractivity contribution in [1.29, 1.82) is 0 Å². The number of hydrogen-bond donors (Lipinski definition) is 2. The second kappa shape index (κ2) is 14.7. The fourth-order valence-electron chi connectivity index (χ4n) is 6.10. The van der Waals surface area contributed by atoms with E-state index in [2.05, 4.69) is 36.3 Å². The number of para-hydroxylation sites is 1. The van der Waals surface area contributed by atoms with Gasteiger partial charge in [0, 0.05) is 37.2 Å². The van der Waals surface area contributed by atoms with Crippen molar-refractivity contribution < 1.29 is 24.2 Å². The van der Waals surface area contributed by atoms with E-state index in [-0.39, 0.29) is 42.4 Å². The number of nitrogens with zero attached hydrogens (tertiary/aromatic N) is 2. The highest BCUT2D eigenvalue weighted by Crippen LogP contribution is 2.32. The first kappa shape index (κ1) is 31.5. The number of aliphatic hydroxyl groups is 1. The van der Waals surface area contributed by atoms with Crippen molar-refractivity contribution in [2.24, 2.45) is 11.8 Å². The maximum absolute atomic E-state index is 13.8. The summed E-state index contributed by atoms with van der Waals surface area (Å²) in [5, 5.41) is 13.0. The largest absolute Gasteiger partial charge is 0.488 e. The van der Waals surface area contributed by atoms with Gasteiger partial charge in [-0.3, -0.25) is 14.5 Å². The summed E-state index contributed by atoms with van der Waals surface area (Å²) in [7, 11) is 2.06. The highest BCUT2D eigenvalue weighted by molar-refractivity contribution is 6.00. The standard InChI is InChI=1S/C36H45N3O5/c1-25-21-39(26(2)24-40)36(42)32-20-29(37-35(41)28-10-6-4-7-11-28)16-19-33(32)44-34(25)23-38(3)22-27-14-17-31(18-15-27)43-30-12-8-5-9-13-30/h5,8-9,12-20,25-26,28,34,40H,4,6-7,10-11,21-24H2,1-3H3,(H,37,41)/t25-,26+,34+/m1/s1. The van der Waals surface area contributed by atoms with Gasteiger partial charge in [0.15, 0.2) is 0 Å². The van der Waals surface area contributed by atoms with Crippen LogP contribution in [0, 0.1) is 11.8 Å². The number of benzene rings is 3. The quantitative estimate of drug-likeness (QED) is 0.282. The molecule has 3 atom stereocenters. The molecule has 2 aliphatic rings. The minimum atomic E-state index is -0.355. The molecule has 3 aromatic carbocycles. The Morgan fingerprint density at radius 3 is 2.45 bits per heavy atom. The van der Waals surface area contributed by atoms with Gasteiger partial charge in [-0.1, -0.05) is 56.5 Å². The molecule has 234 valence electrons. The summed E-state index contributed by atoms with van der Waals surface area (Å²) in [5.41, 5.74) is 2.14. The maximum atomic E-state index is 13.8. The molecule has 1 fully saturated rings. The van der Waals surface area contributed by atoms with E-state index in [9.17, 15) is 14.7 Å². The lowest BCUT2D eigenvalue weighted by Crippen LogP contribution is -2.49. The van der Waals surface area contributed by atoms with Crippen molar-refractivity contribution in [3.63, 3.8) is 0 Å². The summed E-state index contributed by atoms with van der Waals surface area (Å²) in [6.45, 7) is 5.60. The van der Waals surface area contributed by atoms with E-state index in [0.717, 1.165) is 42.7 Å². The zero-order valence-electron chi connectivity index (χ0n) is 26.1. The molecule has 0 spiro atoms. The first-order valence-electron chi connectivity index (χ1n) is 15.8. The third-order valence-corrected chi connectivity index (χ3v) is 8.75. The monoisotopic (exact) mass is 599 g/mol. The second-order valence-electron chi connectivity index (χ2n) is 12.4. The number of anilines is 1. The smallest absolute Gasteiger partial charge is 0.258 e. The third kappa shape index (κ3) is 7.98. The molecule has 1 aliphatic heterocycles. The number of carbonyl (C=O) groups excluding carboxylic acids is 2. The lowest BCUT2D eigenvalue weighted by molar-refractivity contribution is -0.120. The minimum Gasteiger partial charge on any atom is -0.488 e. The van der Waals surface area contributed by atoms with Crippen LogP contribution in [-0.4, -0.2) is 65.6 Å². The van der Waals surface area contributed by atoms with Crippen LogP contribution in [0.2, 0.25) is 0 Å². The number of nitrogens with one attached hydrogen (secondary N) is 1. The van der Waals surface area contributed by atoms with Crippen LogP contribution in [0.25, 0.3) is 0 Å².